The molecule has 0 radical (unpaired) electrons. The standard InChI is InChI=1S/C22H26O6/c1-14(2)16-6-8-17(9-7-16)18(23)13-28-21(24)12-15-10-19(25-3)22(27-5)20(11-15)26-4/h6-11,14H,12-13H2,1-5H3. The maximum atomic E-state index is 12.2. The maximum absolute atomic E-state index is 12.2. The second-order valence-electron chi connectivity index (χ2n) is 6.57. The van der Waals surface area contributed by atoms with Crippen LogP contribution in [0.1, 0.15) is 41.3 Å². The van der Waals surface area contributed by atoms with Gasteiger partial charge in [-0.15, -0.1) is 0 Å². The van der Waals surface area contributed by atoms with Gasteiger partial charge >= 0.3 is 5.97 Å². The first-order valence-corrected chi connectivity index (χ1v) is 8.97. The molecule has 0 saturated carbocycles. The van der Waals surface area contributed by atoms with E-state index < -0.39 is 5.97 Å². The quantitative estimate of drug-likeness (QED) is 0.482. The average Bonchev–Trinajstić information content (AvgIpc) is 2.71. The first-order chi connectivity index (χ1) is 13.4. The number of benzene rings is 2. The lowest BCUT2D eigenvalue weighted by molar-refractivity contribution is -0.141. The van der Waals surface area contributed by atoms with Gasteiger partial charge < -0.3 is 18.9 Å². The lowest BCUT2D eigenvalue weighted by Crippen LogP contribution is -2.16. The third-order valence-corrected chi connectivity index (χ3v) is 4.34. The fourth-order valence-electron chi connectivity index (χ4n) is 2.74. The first kappa shape index (κ1) is 21.3. The number of hydrogen-bond acceptors (Lipinski definition) is 6. The summed E-state index contributed by atoms with van der Waals surface area (Å²) in [6.07, 6.45) is -0.0176. The lowest BCUT2D eigenvalue weighted by atomic mass is 10.0. The topological polar surface area (TPSA) is 71.1 Å². The molecule has 0 unspecified atom stereocenters. The van der Waals surface area contributed by atoms with Crippen molar-refractivity contribution in [3.8, 4) is 17.2 Å². The van der Waals surface area contributed by atoms with Gasteiger partial charge in [-0.25, -0.2) is 0 Å². The van der Waals surface area contributed by atoms with Crippen molar-refractivity contribution in [3.63, 3.8) is 0 Å². The summed E-state index contributed by atoms with van der Waals surface area (Å²) in [7, 11) is 4.51. The Morgan fingerprint density at radius 1 is 0.893 bits per heavy atom. The normalized spacial score (nSPS) is 10.5. The number of ketones is 1. The van der Waals surface area contributed by atoms with Crippen molar-refractivity contribution in [2.24, 2.45) is 0 Å². The highest BCUT2D eigenvalue weighted by atomic mass is 16.5. The van der Waals surface area contributed by atoms with Crippen LogP contribution < -0.4 is 14.2 Å². The van der Waals surface area contributed by atoms with E-state index in [9.17, 15) is 9.59 Å². The maximum Gasteiger partial charge on any atom is 0.310 e. The molecule has 2 rings (SSSR count). The number of carbonyl (C=O) groups is 2. The summed E-state index contributed by atoms with van der Waals surface area (Å²) in [5.41, 5.74) is 2.30. The van der Waals surface area contributed by atoms with Gasteiger partial charge in [-0.2, -0.15) is 0 Å². The van der Waals surface area contributed by atoms with Crippen LogP contribution in [0, 0.1) is 0 Å². The molecule has 2 aromatic carbocycles. The van der Waals surface area contributed by atoms with E-state index in [2.05, 4.69) is 13.8 Å². The molecule has 0 fully saturated rings. The van der Waals surface area contributed by atoms with Crippen LogP contribution in [0.15, 0.2) is 36.4 Å². The minimum atomic E-state index is -0.513. The predicted molar refractivity (Wildman–Crippen MR) is 106 cm³/mol. The Labute approximate surface area is 165 Å². The molecule has 0 aliphatic rings. The van der Waals surface area contributed by atoms with Crippen molar-refractivity contribution in [2.45, 2.75) is 26.2 Å². The fraction of sp³-hybridized carbons (Fsp3) is 0.364. The van der Waals surface area contributed by atoms with E-state index in [4.69, 9.17) is 18.9 Å². The Hall–Kier alpha value is -3.02. The smallest absolute Gasteiger partial charge is 0.310 e. The highest BCUT2D eigenvalue weighted by Gasteiger charge is 2.16. The van der Waals surface area contributed by atoms with E-state index in [1.54, 1.807) is 24.3 Å². The van der Waals surface area contributed by atoms with Crippen molar-refractivity contribution in [2.75, 3.05) is 27.9 Å². The molecule has 0 aliphatic carbocycles. The lowest BCUT2D eigenvalue weighted by Gasteiger charge is -2.14. The molecular formula is C22H26O6. The SMILES string of the molecule is COc1cc(CC(=O)OCC(=O)c2ccc(C(C)C)cc2)cc(OC)c1OC. The molecule has 0 saturated heterocycles. The molecule has 28 heavy (non-hydrogen) atoms. The van der Waals surface area contributed by atoms with Gasteiger partial charge in [0.05, 0.1) is 27.8 Å². The third-order valence-electron chi connectivity index (χ3n) is 4.34. The first-order valence-electron chi connectivity index (χ1n) is 8.97. The number of rotatable bonds is 9. The van der Waals surface area contributed by atoms with Crippen LogP contribution in [0.5, 0.6) is 17.2 Å². The Balaban J connectivity index is 1.99. The summed E-state index contributed by atoms with van der Waals surface area (Å²) in [5, 5.41) is 0. The summed E-state index contributed by atoms with van der Waals surface area (Å²) in [5.74, 6) is 0.981. The second kappa shape index (κ2) is 9.78. The van der Waals surface area contributed by atoms with Gasteiger partial charge in [0.15, 0.2) is 23.9 Å². The van der Waals surface area contributed by atoms with Crippen molar-refractivity contribution < 1.29 is 28.5 Å². The van der Waals surface area contributed by atoms with Gasteiger partial charge in [0.2, 0.25) is 5.75 Å². The largest absolute Gasteiger partial charge is 0.493 e. The van der Waals surface area contributed by atoms with Crippen LogP contribution in [-0.4, -0.2) is 39.7 Å². The molecule has 0 spiro atoms. The van der Waals surface area contributed by atoms with Gasteiger partial charge in [0.25, 0.3) is 0 Å². The fourth-order valence-corrected chi connectivity index (χ4v) is 2.74. The van der Waals surface area contributed by atoms with Crippen LogP contribution >= 0.6 is 0 Å². The number of esters is 1. The Bertz CT molecular complexity index is 798. The number of methoxy groups -OCH3 is 3. The summed E-state index contributed by atoms with van der Waals surface area (Å²) in [6.45, 7) is 3.87. The van der Waals surface area contributed by atoms with Gasteiger partial charge in [0.1, 0.15) is 0 Å². The Morgan fingerprint density at radius 2 is 1.46 bits per heavy atom. The molecule has 0 bridgehead atoms. The molecule has 0 atom stereocenters. The third kappa shape index (κ3) is 5.25. The molecule has 0 amide bonds. The summed E-state index contributed by atoms with van der Waals surface area (Å²) >= 11 is 0. The summed E-state index contributed by atoms with van der Waals surface area (Å²) < 4.78 is 20.9. The Kier molecular flexibility index (Phi) is 7.44. The van der Waals surface area contributed by atoms with E-state index in [-0.39, 0.29) is 18.8 Å². The number of Topliss-reactive ketones (excluding diaryl/α,β-unsaturated/α-hetero) is 1. The minimum Gasteiger partial charge on any atom is -0.493 e. The average molecular weight is 386 g/mol. The van der Waals surface area contributed by atoms with Crippen LogP contribution in [0.2, 0.25) is 0 Å². The van der Waals surface area contributed by atoms with E-state index in [0.717, 1.165) is 5.56 Å². The number of hydrogen-bond donors (Lipinski definition) is 0. The number of carbonyl (C=O) groups excluding carboxylic acids is 2. The molecule has 0 aromatic heterocycles. The van der Waals surface area contributed by atoms with Gasteiger partial charge in [-0.1, -0.05) is 38.1 Å². The van der Waals surface area contributed by atoms with Crippen molar-refractivity contribution in [1.82, 2.24) is 0 Å². The van der Waals surface area contributed by atoms with E-state index in [1.165, 1.54) is 21.3 Å². The zero-order valence-electron chi connectivity index (χ0n) is 16.9. The highest BCUT2D eigenvalue weighted by Crippen LogP contribution is 2.38. The van der Waals surface area contributed by atoms with Crippen LogP contribution in [-0.2, 0) is 16.0 Å². The molecular weight excluding hydrogens is 360 g/mol. The van der Waals surface area contributed by atoms with Gasteiger partial charge in [-0.05, 0) is 29.2 Å². The molecule has 6 nitrogen and oxygen atoms in total. The zero-order chi connectivity index (χ0) is 20.7. The molecule has 0 heterocycles. The summed E-state index contributed by atoms with van der Waals surface area (Å²) in [4.78, 5) is 24.4. The van der Waals surface area contributed by atoms with Gasteiger partial charge in [-0.3, -0.25) is 9.59 Å². The summed E-state index contributed by atoms with van der Waals surface area (Å²) in [6, 6.07) is 10.7. The zero-order valence-corrected chi connectivity index (χ0v) is 16.9. The van der Waals surface area contributed by atoms with Crippen molar-refractivity contribution in [1.29, 1.82) is 0 Å². The van der Waals surface area contributed by atoms with Crippen molar-refractivity contribution in [3.05, 3.63) is 53.1 Å². The molecule has 2 aromatic rings. The van der Waals surface area contributed by atoms with E-state index in [0.29, 0.717) is 34.3 Å². The van der Waals surface area contributed by atoms with Gasteiger partial charge in [0, 0.05) is 5.56 Å². The molecule has 0 aliphatic heterocycles. The number of ether oxygens (including phenoxy) is 4. The van der Waals surface area contributed by atoms with Crippen molar-refractivity contribution >= 4 is 11.8 Å². The monoisotopic (exact) mass is 386 g/mol. The van der Waals surface area contributed by atoms with E-state index >= 15 is 0 Å². The molecule has 6 heteroatoms. The van der Waals surface area contributed by atoms with Crippen LogP contribution in [0.4, 0.5) is 0 Å². The Morgan fingerprint density at radius 3 is 1.93 bits per heavy atom. The predicted octanol–water partition coefficient (Wildman–Crippen LogP) is 3.80. The van der Waals surface area contributed by atoms with E-state index in [1.807, 2.05) is 12.1 Å². The molecule has 150 valence electrons. The highest BCUT2D eigenvalue weighted by molar-refractivity contribution is 5.98. The van der Waals surface area contributed by atoms with Crippen LogP contribution in [0.3, 0.4) is 0 Å². The van der Waals surface area contributed by atoms with Crippen LogP contribution in [0.25, 0.3) is 0 Å². The molecule has 0 N–H and O–H groups in total. The second-order valence-corrected chi connectivity index (χ2v) is 6.57. The minimum absolute atomic E-state index is 0.0176.